The summed E-state index contributed by atoms with van der Waals surface area (Å²) in [5, 5.41) is 23.1. The van der Waals surface area contributed by atoms with Crippen LogP contribution in [0.5, 0.6) is 0 Å². The molecule has 0 radical (unpaired) electrons. The maximum absolute atomic E-state index is 12.2. The van der Waals surface area contributed by atoms with Gasteiger partial charge in [-0.3, -0.25) is 0 Å². The fraction of sp³-hybridized carbons (Fsp3) is 1.00. The van der Waals surface area contributed by atoms with E-state index in [1.165, 1.54) is 44.9 Å². The number of aliphatic hydroxyl groups is 2. The normalized spacial score (nSPS) is 55.9. The van der Waals surface area contributed by atoms with Crippen molar-refractivity contribution >= 4 is 0 Å². The second kappa shape index (κ2) is 11.0. The highest BCUT2D eigenvalue weighted by atomic mass is 16.3. The standard InChI is InChI=1S/C40H72O2/c1-22(2)28-15-14-16-29(17-28)30-18-32(37(8,9)10)24(4)34-25(5)35-26(6)40(13)36(42)33(27(7)41)23(3)19-39(40,12)21-38(35,11)20-31(30)34/h22-36,41-42H,14-21H2,1-13H3. The van der Waals surface area contributed by atoms with Crippen LogP contribution in [0.15, 0.2) is 0 Å². The molecule has 0 aromatic rings. The van der Waals surface area contributed by atoms with Gasteiger partial charge in [-0.25, -0.2) is 0 Å². The fourth-order valence-electron chi connectivity index (χ4n) is 14.7. The third-order valence-electron chi connectivity index (χ3n) is 16.5. The number of hydrogen-bond donors (Lipinski definition) is 2. The lowest BCUT2D eigenvalue weighted by Crippen LogP contribution is -2.69. The van der Waals surface area contributed by atoms with E-state index in [1.807, 2.05) is 6.92 Å². The van der Waals surface area contributed by atoms with E-state index in [0.29, 0.717) is 34.5 Å². The van der Waals surface area contributed by atoms with Crippen molar-refractivity contribution in [2.75, 3.05) is 0 Å². The molecule has 0 amide bonds. The summed E-state index contributed by atoms with van der Waals surface area (Å²) in [5.41, 5.74) is 0.606. The average Bonchev–Trinajstić information content (AvgIpc) is 2.85. The van der Waals surface area contributed by atoms with E-state index in [2.05, 4.69) is 83.1 Å². The van der Waals surface area contributed by atoms with Crippen LogP contribution < -0.4 is 0 Å². The molecule has 0 spiro atoms. The molecule has 17 unspecified atom stereocenters. The molecule has 2 nitrogen and oxygen atoms in total. The van der Waals surface area contributed by atoms with E-state index in [4.69, 9.17) is 0 Å². The summed E-state index contributed by atoms with van der Waals surface area (Å²) >= 11 is 0. The van der Waals surface area contributed by atoms with Gasteiger partial charge in [0.15, 0.2) is 0 Å². The van der Waals surface area contributed by atoms with Crippen LogP contribution in [0.4, 0.5) is 0 Å². The van der Waals surface area contributed by atoms with E-state index in [1.54, 1.807) is 0 Å². The lowest BCUT2D eigenvalue weighted by molar-refractivity contribution is -0.273. The second-order valence-corrected chi connectivity index (χ2v) is 19.9. The average molecular weight is 585 g/mol. The Morgan fingerprint density at radius 2 is 1.48 bits per heavy atom. The molecule has 5 aliphatic rings. The summed E-state index contributed by atoms with van der Waals surface area (Å²) in [6.45, 7) is 32.4. The molecule has 2 heteroatoms. The van der Waals surface area contributed by atoms with Crippen LogP contribution in [0, 0.1) is 98.6 Å². The van der Waals surface area contributed by atoms with Crippen LogP contribution in [-0.4, -0.2) is 22.4 Å². The summed E-state index contributed by atoms with van der Waals surface area (Å²) in [5.74, 6) is 8.78. The topological polar surface area (TPSA) is 40.5 Å². The lowest BCUT2D eigenvalue weighted by Gasteiger charge is -2.73. The van der Waals surface area contributed by atoms with Crippen LogP contribution in [0.25, 0.3) is 0 Å². The van der Waals surface area contributed by atoms with Crippen molar-refractivity contribution in [3.63, 3.8) is 0 Å². The van der Waals surface area contributed by atoms with Gasteiger partial charge in [0, 0.05) is 11.3 Å². The van der Waals surface area contributed by atoms with Gasteiger partial charge < -0.3 is 10.2 Å². The molecule has 5 aliphatic carbocycles. The Hall–Kier alpha value is -0.0800. The van der Waals surface area contributed by atoms with Gasteiger partial charge in [-0.05, 0) is 126 Å². The first-order valence-electron chi connectivity index (χ1n) is 18.6. The lowest BCUT2D eigenvalue weighted by atomic mass is 9.32. The molecule has 0 aliphatic heterocycles. The van der Waals surface area contributed by atoms with Gasteiger partial charge in [0.1, 0.15) is 0 Å². The fourth-order valence-corrected chi connectivity index (χ4v) is 14.7. The maximum Gasteiger partial charge on any atom is 0.0656 e. The summed E-state index contributed by atoms with van der Waals surface area (Å²) in [4.78, 5) is 0. The molecule has 42 heavy (non-hydrogen) atoms. The number of hydrogen-bond acceptors (Lipinski definition) is 2. The van der Waals surface area contributed by atoms with Crippen molar-refractivity contribution in [1.29, 1.82) is 0 Å². The molecular formula is C40H72O2. The van der Waals surface area contributed by atoms with Crippen molar-refractivity contribution in [2.24, 2.45) is 98.6 Å². The minimum absolute atomic E-state index is 0.0232. The maximum atomic E-state index is 12.2. The van der Waals surface area contributed by atoms with Gasteiger partial charge in [-0.1, -0.05) is 102 Å². The largest absolute Gasteiger partial charge is 0.393 e. The molecule has 0 bridgehead atoms. The van der Waals surface area contributed by atoms with Crippen molar-refractivity contribution < 1.29 is 10.2 Å². The number of fused-ring (bicyclic) bond motifs is 3. The summed E-state index contributed by atoms with van der Waals surface area (Å²) in [6, 6.07) is 0. The van der Waals surface area contributed by atoms with Crippen molar-refractivity contribution in [2.45, 2.75) is 154 Å². The van der Waals surface area contributed by atoms with E-state index in [0.717, 1.165) is 53.8 Å². The Balaban J connectivity index is 1.56. The van der Waals surface area contributed by atoms with Gasteiger partial charge in [0.05, 0.1) is 12.2 Å². The van der Waals surface area contributed by atoms with Crippen LogP contribution in [0.3, 0.4) is 0 Å². The Labute approximate surface area is 262 Å². The first-order chi connectivity index (χ1) is 19.3. The monoisotopic (exact) mass is 585 g/mol. The molecule has 0 aromatic heterocycles. The van der Waals surface area contributed by atoms with Crippen LogP contribution >= 0.6 is 0 Å². The highest BCUT2D eigenvalue weighted by Gasteiger charge is 2.70. The smallest absolute Gasteiger partial charge is 0.0656 e. The zero-order valence-corrected chi connectivity index (χ0v) is 30.2. The molecule has 5 saturated carbocycles. The third kappa shape index (κ3) is 4.91. The van der Waals surface area contributed by atoms with Crippen LogP contribution in [-0.2, 0) is 0 Å². The molecule has 244 valence electrons. The first kappa shape index (κ1) is 33.3. The third-order valence-corrected chi connectivity index (χ3v) is 16.5. The van der Waals surface area contributed by atoms with Gasteiger partial charge in [0.25, 0.3) is 0 Å². The zero-order valence-electron chi connectivity index (χ0n) is 30.2. The zero-order chi connectivity index (χ0) is 31.3. The Morgan fingerprint density at radius 1 is 0.833 bits per heavy atom. The van der Waals surface area contributed by atoms with E-state index in [-0.39, 0.29) is 16.7 Å². The molecule has 5 rings (SSSR count). The van der Waals surface area contributed by atoms with Crippen molar-refractivity contribution in [3.05, 3.63) is 0 Å². The second-order valence-electron chi connectivity index (χ2n) is 19.9. The van der Waals surface area contributed by atoms with Crippen LogP contribution in [0.2, 0.25) is 0 Å². The number of aliphatic hydroxyl groups excluding tert-OH is 2. The Bertz CT molecular complexity index is 963. The predicted octanol–water partition coefficient (Wildman–Crippen LogP) is 10.1. The summed E-state index contributed by atoms with van der Waals surface area (Å²) in [6.07, 6.45) is 10.2. The summed E-state index contributed by atoms with van der Waals surface area (Å²) in [7, 11) is 0. The molecular weight excluding hydrogens is 512 g/mol. The highest BCUT2D eigenvalue weighted by Crippen LogP contribution is 2.74. The van der Waals surface area contributed by atoms with Gasteiger partial charge in [-0.15, -0.1) is 0 Å². The first-order valence-corrected chi connectivity index (χ1v) is 18.6. The predicted molar refractivity (Wildman–Crippen MR) is 178 cm³/mol. The van der Waals surface area contributed by atoms with Gasteiger partial charge >= 0.3 is 0 Å². The van der Waals surface area contributed by atoms with Crippen molar-refractivity contribution in [1.82, 2.24) is 0 Å². The molecule has 0 heterocycles. The number of rotatable bonds is 3. The minimum atomic E-state index is -0.457. The summed E-state index contributed by atoms with van der Waals surface area (Å²) < 4.78 is 0. The van der Waals surface area contributed by atoms with Gasteiger partial charge in [0.2, 0.25) is 0 Å². The molecule has 2 N–H and O–H groups in total. The van der Waals surface area contributed by atoms with E-state index < -0.39 is 12.2 Å². The van der Waals surface area contributed by atoms with Crippen LogP contribution in [0.1, 0.15) is 141 Å². The van der Waals surface area contributed by atoms with Crippen molar-refractivity contribution in [3.8, 4) is 0 Å². The SMILES string of the molecule is CC(C)C1CCCC(C2CC(C(C)(C)C)C(C)C3C(C)C4C(C)C5(C)C(O)C(C(C)O)C(C)CC5(C)CC4(C)CC23)C1. The van der Waals surface area contributed by atoms with Gasteiger partial charge in [-0.2, -0.15) is 0 Å². The molecule has 17 atom stereocenters. The molecule has 0 saturated heterocycles. The molecule has 5 fully saturated rings. The molecule has 0 aromatic carbocycles. The van der Waals surface area contributed by atoms with E-state index >= 15 is 0 Å². The highest BCUT2D eigenvalue weighted by molar-refractivity contribution is 5.18. The quantitative estimate of drug-likeness (QED) is 0.346. The minimum Gasteiger partial charge on any atom is -0.393 e. The van der Waals surface area contributed by atoms with E-state index in [9.17, 15) is 10.2 Å². The Morgan fingerprint density at radius 3 is 2.05 bits per heavy atom. The Kier molecular flexibility index (Phi) is 8.74.